The van der Waals surface area contributed by atoms with Gasteiger partial charge in [-0.3, -0.25) is 4.79 Å². The lowest BCUT2D eigenvalue weighted by Gasteiger charge is -2.11. The molecule has 0 unspecified atom stereocenters. The Morgan fingerprint density at radius 3 is 2.46 bits per heavy atom. The normalized spacial score (nSPS) is 11.0. The second-order valence-corrected chi connectivity index (χ2v) is 7.24. The van der Waals surface area contributed by atoms with Gasteiger partial charge in [0.1, 0.15) is 0 Å². The van der Waals surface area contributed by atoms with Gasteiger partial charge in [-0.05, 0) is 30.3 Å². The number of rotatable bonds is 3. The number of Topliss-reactive ketones (excluding diaryl/α,β-unsaturated/α-hetero) is 1. The smallest absolute Gasteiger partial charge is 0.174 e. The van der Waals surface area contributed by atoms with Crippen LogP contribution in [0.1, 0.15) is 10.4 Å². The van der Waals surface area contributed by atoms with Gasteiger partial charge >= 0.3 is 0 Å². The van der Waals surface area contributed by atoms with E-state index in [1.807, 2.05) is 0 Å². The molecular formula is C17H8BrCl4NO. The summed E-state index contributed by atoms with van der Waals surface area (Å²) in [5.74, 6) is -0.0953. The van der Waals surface area contributed by atoms with Crippen LogP contribution >= 0.6 is 62.3 Å². The molecule has 1 aromatic heterocycles. The summed E-state index contributed by atoms with van der Waals surface area (Å²) in [6.07, 6.45) is 0. The van der Waals surface area contributed by atoms with Crippen molar-refractivity contribution in [3.63, 3.8) is 0 Å². The first-order chi connectivity index (χ1) is 11.4. The number of carbonyl (C=O) groups is 1. The molecule has 122 valence electrons. The van der Waals surface area contributed by atoms with Gasteiger partial charge < -0.3 is 0 Å². The molecule has 7 heteroatoms. The highest BCUT2D eigenvalue weighted by Crippen LogP contribution is 2.34. The molecule has 0 bridgehead atoms. The van der Waals surface area contributed by atoms with E-state index in [1.165, 1.54) is 0 Å². The van der Waals surface area contributed by atoms with Gasteiger partial charge in [0.25, 0.3) is 0 Å². The molecule has 0 spiro atoms. The van der Waals surface area contributed by atoms with E-state index in [0.29, 0.717) is 42.3 Å². The van der Waals surface area contributed by atoms with Crippen LogP contribution in [0.25, 0.3) is 22.2 Å². The van der Waals surface area contributed by atoms with Crippen LogP contribution in [0.5, 0.6) is 0 Å². The Morgan fingerprint density at radius 2 is 1.79 bits per heavy atom. The van der Waals surface area contributed by atoms with Gasteiger partial charge in [-0.25, -0.2) is 4.98 Å². The van der Waals surface area contributed by atoms with Gasteiger partial charge in [0.15, 0.2) is 5.78 Å². The summed E-state index contributed by atoms with van der Waals surface area (Å²) in [6.45, 7) is 0. The van der Waals surface area contributed by atoms with E-state index in [2.05, 4.69) is 20.9 Å². The first-order valence-electron chi connectivity index (χ1n) is 6.75. The Morgan fingerprint density at radius 1 is 1.04 bits per heavy atom. The number of halogens is 5. The molecule has 24 heavy (non-hydrogen) atoms. The summed E-state index contributed by atoms with van der Waals surface area (Å²) in [7, 11) is 0. The molecule has 0 saturated heterocycles. The molecule has 0 saturated carbocycles. The highest BCUT2D eigenvalue weighted by Gasteiger charge is 2.16. The minimum absolute atomic E-state index is 0.0953. The van der Waals surface area contributed by atoms with Crippen LogP contribution in [-0.4, -0.2) is 16.1 Å². The Bertz CT molecular complexity index is 974. The first kappa shape index (κ1) is 18.0. The molecular weight excluding hydrogens is 458 g/mol. The van der Waals surface area contributed by atoms with Crippen molar-refractivity contribution >= 4 is 79.0 Å². The quantitative estimate of drug-likeness (QED) is 0.305. The highest BCUT2D eigenvalue weighted by molar-refractivity contribution is 9.09. The zero-order chi connectivity index (χ0) is 17.4. The number of carbonyl (C=O) groups excluding carboxylic acids is 1. The highest BCUT2D eigenvalue weighted by atomic mass is 79.9. The van der Waals surface area contributed by atoms with Gasteiger partial charge in [-0.15, -0.1) is 0 Å². The van der Waals surface area contributed by atoms with Gasteiger partial charge in [0.05, 0.1) is 31.6 Å². The topological polar surface area (TPSA) is 30.0 Å². The number of fused-ring (bicyclic) bond motifs is 1. The Kier molecular flexibility index (Phi) is 5.38. The number of benzene rings is 2. The van der Waals surface area contributed by atoms with Crippen molar-refractivity contribution in [3.8, 4) is 11.3 Å². The largest absolute Gasteiger partial charge is 0.293 e. The van der Waals surface area contributed by atoms with Crippen molar-refractivity contribution in [2.75, 3.05) is 5.33 Å². The maximum atomic E-state index is 12.3. The number of aromatic nitrogens is 1. The Labute approximate surface area is 166 Å². The summed E-state index contributed by atoms with van der Waals surface area (Å²) < 4.78 is 0. The van der Waals surface area contributed by atoms with Crippen LogP contribution in [0.15, 0.2) is 36.4 Å². The van der Waals surface area contributed by atoms with E-state index in [-0.39, 0.29) is 11.1 Å². The minimum Gasteiger partial charge on any atom is -0.293 e. The van der Waals surface area contributed by atoms with Crippen molar-refractivity contribution in [3.05, 3.63) is 62.1 Å². The number of hydrogen-bond acceptors (Lipinski definition) is 2. The van der Waals surface area contributed by atoms with E-state index in [9.17, 15) is 4.79 Å². The summed E-state index contributed by atoms with van der Waals surface area (Å²) in [6, 6.07) is 10.2. The third-order valence-corrected chi connectivity index (χ3v) is 5.22. The van der Waals surface area contributed by atoms with Crippen molar-refractivity contribution in [2.45, 2.75) is 0 Å². The SMILES string of the molecule is O=C(CBr)c1c[14c](-c2ccc(Cl)c(Cl)c2)nc2c(Cl)cc(Cl)cc12. The maximum absolute atomic E-state index is 12.3. The fourth-order valence-corrected chi connectivity index (χ4v) is 3.49. The van der Waals surface area contributed by atoms with Crippen LogP contribution in [0.4, 0.5) is 0 Å². The lowest BCUT2D eigenvalue weighted by molar-refractivity contribution is 0.102. The molecule has 0 N–H and O–H groups in total. The fourth-order valence-electron chi connectivity index (χ4n) is 2.36. The average Bonchev–Trinajstić information content (AvgIpc) is 2.56. The van der Waals surface area contributed by atoms with Gasteiger partial charge in [0.2, 0.25) is 0 Å². The molecule has 0 radical (unpaired) electrons. The lowest BCUT2D eigenvalue weighted by Crippen LogP contribution is -2.03. The van der Waals surface area contributed by atoms with Crippen LogP contribution in [0.2, 0.25) is 20.1 Å². The van der Waals surface area contributed by atoms with E-state index in [0.717, 1.165) is 5.56 Å². The van der Waals surface area contributed by atoms with Crippen molar-refractivity contribution in [2.24, 2.45) is 0 Å². The zero-order valence-electron chi connectivity index (χ0n) is 11.9. The fraction of sp³-hybridized carbons (Fsp3) is 0.0588. The van der Waals surface area contributed by atoms with Crippen molar-refractivity contribution < 1.29 is 4.79 Å². The Balaban J connectivity index is 2.34. The molecule has 0 aliphatic rings. The summed E-state index contributed by atoms with van der Waals surface area (Å²) in [4.78, 5) is 16.9. The standard InChI is InChI=1S/C17H8BrCl4NO/c18-7-16(24)10-6-15(8-1-2-12(20)13(21)3-8)23-17-11(10)4-9(19)5-14(17)22/h1-6H,7H2/i15+2. The molecule has 3 rings (SSSR count). The number of hydrogen-bond donors (Lipinski definition) is 0. The van der Waals surface area contributed by atoms with Crippen molar-refractivity contribution in [1.82, 2.24) is 4.98 Å². The Hall–Kier alpha value is -0.840. The molecule has 0 amide bonds. The van der Waals surface area contributed by atoms with Crippen LogP contribution < -0.4 is 0 Å². The third-order valence-electron chi connectivity index (χ3n) is 3.47. The molecule has 2 nitrogen and oxygen atoms in total. The van der Waals surface area contributed by atoms with Gasteiger partial charge in [-0.2, -0.15) is 0 Å². The first-order valence-corrected chi connectivity index (χ1v) is 9.38. The van der Waals surface area contributed by atoms with E-state index < -0.39 is 0 Å². The second kappa shape index (κ2) is 7.19. The molecule has 2 aromatic carbocycles. The predicted octanol–water partition coefficient (Wildman–Crippen LogP) is 7.09. The summed E-state index contributed by atoms with van der Waals surface area (Å²) in [5, 5.41) is 2.47. The van der Waals surface area contributed by atoms with E-state index in [1.54, 1.807) is 36.4 Å². The monoisotopic (exact) mass is 463 g/mol. The summed E-state index contributed by atoms with van der Waals surface area (Å²) in [5.41, 5.74) is 2.31. The number of nitrogens with zero attached hydrogens (tertiary/aromatic N) is 1. The molecule has 0 fully saturated rings. The zero-order valence-corrected chi connectivity index (χ0v) is 16.5. The van der Waals surface area contributed by atoms with E-state index >= 15 is 0 Å². The molecule has 0 atom stereocenters. The number of alkyl halides is 1. The van der Waals surface area contributed by atoms with Gasteiger partial charge in [-0.1, -0.05) is 68.4 Å². The lowest BCUT2D eigenvalue weighted by atomic mass is 10.1. The molecule has 0 aliphatic carbocycles. The molecule has 0 aliphatic heterocycles. The molecule has 1 heterocycles. The van der Waals surface area contributed by atoms with Crippen LogP contribution in [0, 0.1) is 0 Å². The second-order valence-electron chi connectivity index (χ2n) is 5.02. The minimum atomic E-state index is -0.0953. The van der Waals surface area contributed by atoms with Crippen LogP contribution in [-0.2, 0) is 0 Å². The molecule has 3 aromatic rings. The third kappa shape index (κ3) is 3.42. The summed E-state index contributed by atoms with van der Waals surface area (Å²) >= 11 is 27.6. The predicted molar refractivity (Wildman–Crippen MR) is 105 cm³/mol. The average molecular weight is 466 g/mol. The van der Waals surface area contributed by atoms with Gasteiger partial charge in [0, 0.05) is 21.5 Å². The number of pyridine rings is 1. The maximum Gasteiger partial charge on any atom is 0.174 e. The van der Waals surface area contributed by atoms with Crippen LogP contribution in [0.3, 0.4) is 0 Å². The van der Waals surface area contributed by atoms with E-state index in [4.69, 9.17) is 46.4 Å². The number of ketones is 1. The van der Waals surface area contributed by atoms with Crippen molar-refractivity contribution in [1.29, 1.82) is 0 Å².